The predicted molar refractivity (Wildman–Crippen MR) is 141 cm³/mol. The van der Waals surface area contributed by atoms with Crippen LogP contribution in [0.4, 0.5) is 13.2 Å². The van der Waals surface area contributed by atoms with E-state index in [0.717, 1.165) is 18.4 Å². The summed E-state index contributed by atoms with van der Waals surface area (Å²) in [7, 11) is 3.00. The Morgan fingerprint density at radius 3 is 2.49 bits per heavy atom. The molecule has 2 aromatic heterocycles. The van der Waals surface area contributed by atoms with Crippen LogP contribution >= 0.6 is 0 Å². The third-order valence-electron chi connectivity index (χ3n) is 7.25. The highest BCUT2D eigenvalue weighted by atomic mass is 19.4. The Kier molecular flexibility index (Phi) is 7.45. The summed E-state index contributed by atoms with van der Waals surface area (Å²) in [6.45, 7) is 1.17. The molecule has 39 heavy (non-hydrogen) atoms. The van der Waals surface area contributed by atoms with Crippen LogP contribution in [-0.2, 0) is 17.6 Å². The van der Waals surface area contributed by atoms with E-state index in [9.17, 15) is 18.0 Å². The number of amides is 1. The number of carbonyl (C=O) groups excluding carboxylic acids is 1. The van der Waals surface area contributed by atoms with Gasteiger partial charge >= 0.3 is 6.18 Å². The van der Waals surface area contributed by atoms with Crippen LogP contribution in [0, 0.1) is 0 Å². The van der Waals surface area contributed by atoms with Gasteiger partial charge in [0.2, 0.25) is 5.91 Å². The zero-order valence-corrected chi connectivity index (χ0v) is 21.7. The largest absolute Gasteiger partial charge is 0.493 e. The normalized spacial score (nSPS) is 14.5. The van der Waals surface area contributed by atoms with Gasteiger partial charge in [-0.15, -0.1) is 0 Å². The van der Waals surface area contributed by atoms with Gasteiger partial charge in [-0.1, -0.05) is 6.07 Å². The van der Waals surface area contributed by atoms with Crippen LogP contribution in [0.25, 0.3) is 22.2 Å². The van der Waals surface area contributed by atoms with E-state index in [-0.39, 0.29) is 23.8 Å². The van der Waals surface area contributed by atoms with Crippen molar-refractivity contribution in [3.05, 3.63) is 71.8 Å². The molecule has 5 rings (SSSR count). The molecule has 1 fully saturated rings. The molecule has 10 heteroatoms. The van der Waals surface area contributed by atoms with E-state index < -0.39 is 12.6 Å². The Balaban J connectivity index is 1.41. The average Bonchev–Trinajstić information content (AvgIpc) is 3.29. The number of carbonyl (C=O) groups is 1. The van der Waals surface area contributed by atoms with Gasteiger partial charge in [0.1, 0.15) is 0 Å². The Hall–Kier alpha value is -4.08. The van der Waals surface area contributed by atoms with Crippen molar-refractivity contribution < 1.29 is 27.4 Å². The molecule has 0 unspecified atom stereocenters. The van der Waals surface area contributed by atoms with Gasteiger partial charge in [-0.3, -0.25) is 14.8 Å². The zero-order valence-electron chi connectivity index (χ0n) is 21.7. The highest BCUT2D eigenvalue weighted by molar-refractivity contribution is 5.92. The second kappa shape index (κ2) is 11.0. The van der Waals surface area contributed by atoms with Crippen molar-refractivity contribution in [1.29, 1.82) is 0 Å². The summed E-state index contributed by atoms with van der Waals surface area (Å²) >= 11 is 0. The third kappa shape index (κ3) is 5.84. The number of nitrogens with zero attached hydrogens (tertiary/aromatic N) is 3. The summed E-state index contributed by atoms with van der Waals surface area (Å²) in [6, 6.07) is 10.8. The molecule has 1 saturated heterocycles. The minimum absolute atomic E-state index is 0.00191. The first-order valence-corrected chi connectivity index (χ1v) is 12.7. The van der Waals surface area contributed by atoms with Crippen molar-refractivity contribution >= 4 is 16.8 Å². The van der Waals surface area contributed by atoms with Gasteiger partial charge in [-0.2, -0.15) is 13.2 Å². The summed E-state index contributed by atoms with van der Waals surface area (Å²) in [5.74, 6) is 1.08. The Morgan fingerprint density at radius 2 is 1.82 bits per heavy atom. The van der Waals surface area contributed by atoms with E-state index in [1.807, 2.05) is 23.1 Å². The van der Waals surface area contributed by atoms with Gasteiger partial charge in [-0.05, 0) is 60.2 Å². The number of nitrogens with one attached hydrogen (secondary N) is 1. The van der Waals surface area contributed by atoms with E-state index in [1.54, 1.807) is 36.8 Å². The molecule has 3 heterocycles. The molecule has 1 aliphatic heterocycles. The number of rotatable bonds is 7. The maximum absolute atomic E-state index is 13.7. The van der Waals surface area contributed by atoms with Crippen molar-refractivity contribution in [3.63, 3.8) is 0 Å². The molecule has 1 aliphatic rings. The van der Waals surface area contributed by atoms with Crippen LogP contribution < -0.4 is 9.47 Å². The van der Waals surface area contributed by atoms with Crippen LogP contribution in [0.5, 0.6) is 11.5 Å². The standard InChI is InChI=1S/C29H29F3N4O3/c1-38-25-6-4-20(14-26(25)39-2)28-23(16-29(30,31)32)22-13-19(3-5-24(22)35-28)18-7-11-36(12-8-18)27(37)15-21-17-33-9-10-34-21/h3-6,9-10,13-14,17-18,35H,7-8,11-12,15-16H2,1-2H3. The first-order valence-electron chi connectivity index (χ1n) is 12.7. The van der Waals surface area contributed by atoms with E-state index in [4.69, 9.17) is 9.47 Å². The van der Waals surface area contributed by atoms with Crippen LogP contribution in [0.15, 0.2) is 55.0 Å². The number of hydrogen-bond donors (Lipinski definition) is 1. The average molecular weight is 539 g/mol. The fraction of sp³-hybridized carbons (Fsp3) is 0.345. The molecule has 0 spiro atoms. The second-order valence-electron chi connectivity index (χ2n) is 9.67. The van der Waals surface area contributed by atoms with Crippen molar-refractivity contribution in [1.82, 2.24) is 19.9 Å². The van der Waals surface area contributed by atoms with Gasteiger partial charge in [-0.25, -0.2) is 0 Å². The number of ether oxygens (including phenoxy) is 2. The first kappa shape index (κ1) is 26.5. The molecule has 1 N–H and O–H groups in total. The molecule has 0 aliphatic carbocycles. The first-order chi connectivity index (χ1) is 18.8. The third-order valence-corrected chi connectivity index (χ3v) is 7.25. The van der Waals surface area contributed by atoms with Crippen LogP contribution in [0.1, 0.15) is 35.6 Å². The summed E-state index contributed by atoms with van der Waals surface area (Å²) in [6.07, 6.45) is 0.950. The number of methoxy groups -OCH3 is 2. The number of hydrogen-bond acceptors (Lipinski definition) is 5. The monoisotopic (exact) mass is 538 g/mol. The summed E-state index contributed by atoms with van der Waals surface area (Å²) < 4.78 is 51.9. The predicted octanol–water partition coefficient (Wildman–Crippen LogP) is 5.70. The highest BCUT2D eigenvalue weighted by Gasteiger charge is 2.32. The molecule has 4 aromatic rings. The zero-order chi connectivity index (χ0) is 27.6. The maximum Gasteiger partial charge on any atom is 0.393 e. The number of benzene rings is 2. The van der Waals surface area contributed by atoms with Crippen molar-refractivity contribution in [2.45, 2.75) is 37.8 Å². The number of aromatic amines is 1. The van der Waals surface area contributed by atoms with E-state index in [1.165, 1.54) is 14.2 Å². The topological polar surface area (TPSA) is 80.3 Å². The van der Waals surface area contributed by atoms with E-state index in [0.29, 0.717) is 52.4 Å². The minimum atomic E-state index is -4.38. The number of piperidine rings is 1. The number of likely N-dealkylation sites (tertiary alicyclic amines) is 1. The second-order valence-corrected chi connectivity index (χ2v) is 9.67. The molecule has 2 aromatic carbocycles. The number of alkyl halides is 3. The fourth-order valence-corrected chi connectivity index (χ4v) is 5.29. The van der Waals surface area contributed by atoms with Gasteiger partial charge in [0.25, 0.3) is 0 Å². The van der Waals surface area contributed by atoms with Gasteiger partial charge < -0.3 is 19.4 Å². The molecule has 7 nitrogen and oxygen atoms in total. The van der Waals surface area contributed by atoms with Crippen LogP contribution in [0.3, 0.4) is 0 Å². The fourth-order valence-electron chi connectivity index (χ4n) is 5.29. The van der Waals surface area contributed by atoms with Crippen molar-refractivity contribution in [2.75, 3.05) is 27.3 Å². The molecule has 0 saturated carbocycles. The van der Waals surface area contributed by atoms with Gasteiger partial charge in [0.05, 0.1) is 38.4 Å². The Labute approximate surface area is 224 Å². The summed E-state index contributed by atoms with van der Waals surface area (Å²) in [5.41, 5.74) is 3.43. The molecule has 0 radical (unpaired) electrons. The Morgan fingerprint density at radius 1 is 1.05 bits per heavy atom. The lowest BCUT2D eigenvalue weighted by atomic mass is 9.88. The number of H-pyrrole nitrogens is 1. The van der Waals surface area contributed by atoms with E-state index >= 15 is 0 Å². The van der Waals surface area contributed by atoms with Gasteiger partial charge in [0, 0.05) is 48.1 Å². The molecule has 204 valence electrons. The minimum Gasteiger partial charge on any atom is -0.493 e. The summed E-state index contributed by atoms with van der Waals surface area (Å²) in [4.78, 5) is 25.9. The van der Waals surface area contributed by atoms with Crippen LogP contribution in [0.2, 0.25) is 0 Å². The lowest BCUT2D eigenvalue weighted by Crippen LogP contribution is -2.38. The van der Waals surface area contributed by atoms with Crippen molar-refractivity contribution in [3.8, 4) is 22.8 Å². The Bertz CT molecular complexity index is 1460. The maximum atomic E-state index is 13.7. The lowest BCUT2D eigenvalue weighted by molar-refractivity contribution is -0.131. The van der Waals surface area contributed by atoms with E-state index in [2.05, 4.69) is 15.0 Å². The lowest BCUT2D eigenvalue weighted by Gasteiger charge is -2.32. The van der Waals surface area contributed by atoms with Gasteiger partial charge in [0.15, 0.2) is 11.5 Å². The quantitative estimate of drug-likeness (QED) is 0.327. The highest BCUT2D eigenvalue weighted by Crippen LogP contribution is 2.40. The molecular weight excluding hydrogens is 509 g/mol. The summed E-state index contributed by atoms with van der Waals surface area (Å²) in [5, 5.41) is 0.552. The SMILES string of the molecule is COc1ccc(-c2[nH]c3ccc(C4CCN(C(=O)Cc5cnccn5)CC4)cc3c2CC(F)(F)F)cc1OC. The molecule has 0 bridgehead atoms. The molecule has 0 atom stereocenters. The number of halogens is 3. The number of fused-ring (bicyclic) bond motifs is 1. The smallest absolute Gasteiger partial charge is 0.393 e. The van der Waals surface area contributed by atoms with Crippen LogP contribution in [-0.4, -0.2) is 59.2 Å². The number of aromatic nitrogens is 3. The molecular formula is C29H29F3N4O3. The van der Waals surface area contributed by atoms with Crippen molar-refractivity contribution in [2.24, 2.45) is 0 Å². The molecule has 1 amide bonds.